The molecule has 1 aliphatic rings. The number of nitriles is 1. The van der Waals surface area contributed by atoms with Gasteiger partial charge in [-0.15, -0.1) is 0 Å². The SMILES string of the molecule is Cc1cc(C#N)ccc1C(=O)NC1CCOCC1. The van der Waals surface area contributed by atoms with Crippen LogP contribution >= 0.6 is 0 Å². The molecule has 4 nitrogen and oxygen atoms in total. The molecule has 1 aromatic rings. The molecule has 18 heavy (non-hydrogen) atoms. The summed E-state index contributed by atoms with van der Waals surface area (Å²) < 4.78 is 5.25. The summed E-state index contributed by atoms with van der Waals surface area (Å²) in [7, 11) is 0. The molecule has 1 heterocycles. The summed E-state index contributed by atoms with van der Waals surface area (Å²) in [6.45, 7) is 3.26. The van der Waals surface area contributed by atoms with Crippen LogP contribution in [0.3, 0.4) is 0 Å². The molecule has 0 unspecified atom stereocenters. The Kier molecular flexibility index (Phi) is 3.96. The van der Waals surface area contributed by atoms with E-state index >= 15 is 0 Å². The van der Waals surface area contributed by atoms with Gasteiger partial charge in [0.05, 0.1) is 11.6 Å². The van der Waals surface area contributed by atoms with Crippen LogP contribution in [0.4, 0.5) is 0 Å². The summed E-state index contributed by atoms with van der Waals surface area (Å²) in [4.78, 5) is 12.1. The average molecular weight is 244 g/mol. The van der Waals surface area contributed by atoms with Crippen molar-refractivity contribution in [1.82, 2.24) is 5.32 Å². The summed E-state index contributed by atoms with van der Waals surface area (Å²) in [5.74, 6) is -0.0658. The second-order valence-corrected chi connectivity index (χ2v) is 4.50. The Labute approximate surface area is 107 Å². The van der Waals surface area contributed by atoms with Gasteiger partial charge in [0.25, 0.3) is 5.91 Å². The Balaban J connectivity index is 2.06. The lowest BCUT2D eigenvalue weighted by Crippen LogP contribution is -2.39. The smallest absolute Gasteiger partial charge is 0.251 e. The first-order valence-corrected chi connectivity index (χ1v) is 6.10. The lowest BCUT2D eigenvalue weighted by atomic mass is 10.0. The standard InChI is InChI=1S/C14H16N2O2/c1-10-8-11(9-15)2-3-13(10)14(17)16-12-4-6-18-7-5-12/h2-3,8,12H,4-7H2,1H3,(H,16,17). The van der Waals surface area contributed by atoms with Crippen LogP contribution in [0, 0.1) is 18.3 Å². The molecule has 0 radical (unpaired) electrons. The van der Waals surface area contributed by atoms with E-state index in [0.29, 0.717) is 24.3 Å². The van der Waals surface area contributed by atoms with E-state index < -0.39 is 0 Å². The number of amides is 1. The largest absolute Gasteiger partial charge is 0.381 e. The quantitative estimate of drug-likeness (QED) is 0.862. The summed E-state index contributed by atoms with van der Waals surface area (Å²) >= 11 is 0. The fraction of sp³-hybridized carbons (Fsp3) is 0.429. The third kappa shape index (κ3) is 2.88. The van der Waals surface area contributed by atoms with Gasteiger partial charge in [0, 0.05) is 24.8 Å². The van der Waals surface area contributed by atoms with E-state index in [1.807, 2.05) is 6.92 Å². The third-order valence-electron chi connectivity index (χ3n) is 3.16. The van der Waals surface area contributed by atoms with Crippen LogP contribution in [0.25, 0.3) is 0 Å². The highest BCUT2D eigenvalue weighted by Crippen LogP contribution is 2.12. The number of benzene rings is 1. The van der Waals surface area contributed by atoms with Gasteiger partial charge in [-0.3, -0.25) is 4.79 Å². The molecule has 0 bridgehead atoms. The molecule has 0 aliphatic carbocycles. The molecule has 0 spiro atoms. The van der Waals surface area contributed by atoms with E-state index in [1.54, 1.807) is 18.2 Å². The Hall–Kier alpha value is -1.86. The fourth-order valence-electron chi connectivity index (χ4n) is 2.09. The molecule has 1 aromatic carbocycles. The second kappa shape index (κ2) is 5.65. The van der Waals surface area contributed by atoms with Gasteiger partial charge in [0.2, 0.25) is 0 Å². The van der Waals surface area contributed by atoms with Crippen LogP contribution < -0.4 is 5.32 Å². The Morgan fingerprint density at radius 3 is 2.78 bits per heavy atom. The first-order valence-electron chi connectivity index (χ1n) is 6.10. The Morgan fingerprint density at radius 1 is 1.44 bits per heavy atom. The van der Waals surface area contributed by atoms with Crippen LogP contribution in [-0.4, -0.2) is 25.2 Å². The number of carbonyl (C=O) groups is 1. The van der Waals surface area contributed by atoms with Crippen LogP contribution in [0.2, 0.25) is 0 Å². The minimum absolute atomic E-state index is 0.0658. The minimum Gasteiger partial charge on any atom is -0.381 e. The zero-order valence-electron chi connectivity index (χ0n) is 10.4. The van der Waals surface area contributed by atoms with Crippen molar-refractivity contribution in [1.29, 1.82) is 5.26 Å². The van der Waals surface area contributed by atoms with Gasteiger partial charge >= 0.3 is 0 Å². The third-order valence-corrected chi connectivity index (χ3v) is 3.16. The number of nitrogens with zero attached hydrogens (tertiary/aromatic N) is 1. The van der Waals surface area contributed by atoms with E-state index in [1.165, 1.54) is 0 Å². The maximum absolute atomic E-state index is 12.1. The van der Waals surface area contributed by atoms with Crippen molar-refractivity contribution >= 4 is 5.91 Å². The zero-order valence-corrected chi connectivity index (χ0v) is 10.4. The van der Waals surface area contributed by atoms with E-state index in [2.05, 4.69) is 11.4 Å². The van der Waals surface area contributed by atoms with Crippen LogP contribution in [-0.2, 0) is 4.74 Å². The highest BCUT2D eigenvalue weighted by molar-refractivity contribution is 5.95. The average Bonchev–Trinajstić information content (AvgIpc) is 2.39. The number of carbonyl (C=O) groups excluding carboxylic acids is 1. The van der Waals surface area contributed by atoms with E-state index in [4.69, 9.17) is 10.00 Å². The maximum atomic E-state index is 12.1. The van der Waals surface area contributed by atoms with Crippen molar-refractivity contribution in [3.05, 3.63) is 34.9 Å². The summed E-state index contributed by atoms with van der Waals surface area (Å²) in [6.07, 6.45) is 1.72. The molecule has 1 saturated heterocycles. The van der Waals surface area contributed by atoms with Crippen LogP contribution in [0.1, 0.15) is 34.3 Å². The Bertz CT molecular complexity index is 485. The van der Waals surface area contributed by atoms with Crippen molar-refractivity contribution in [2.75, 3.05) is 13.2 Å². The minimum atomic E-state index is -0.0658. The van der Waals surface area contributed by atoms with Crippen molar-refractivity contribution in [2.24, 2.45) is 0 Å². The van der Waals surface area contributed by atoms with Gasteiger partial charge in [0.1, 0.15) is 0 Å². The molecule has 2 rings (SSSR count). The number of aryl methyl sites for hydroxylation is 1. The maximum Gasteiger partial charge on any atom is 0.251 e. The number of ether oxygens (including phenoxy) is 1. The van der Waals surface area contributed by atoms with E-state index in [9.17, 15) is 4.79 Å². The van der Waals surface area contributed by atoms with Crippen molar-refractivity contribution < 1.29 is 9.53 Å². The molecule has 0 atom stereocenters. The van der Waals surface area contributed by atoms with Crippen LogP contribution in [0.15, 0.2) is 18.2 Å². The number of rotatable bonds is 2. The van der Waals surface area contributed by atoms with Gasteiger partial charge in [-0.1, -0.05) is 0 Å². The van der Waals surface area contributed by atoms with Gasteiger partial charge in [-0.2, -0.15) is 5.26 Å². The molecule has 0 saturated carbocycles. The second-order valence-electron chi connectivity index (χ2n) is 4.50. The number of hydrogen-bond acceptors (Lipinski definition) is 3. The number of nitrogens with one attached hydrogen (secondary N) is 1. The van der Waals surface area contributed by atoms with Crippen molar-refractivity contribution in [2.45, 2.75) is 25.8 Å². The molecule has 0 aromatic heterocycles. The fourth-order valence-corrected chi connectivity index (χ4v) is 2.09. The van der Waals surface area contributed by atoms with E-state index in [-0.39, 0.29) is 11.9 Å². The molecule has 94 valence electrons. The van der Waals surface area contributed by atoms with Gasteiger partial charge in [0.15, 0.2) is 0 Å². The van der Waals surface area contributed by atoms with E-state index in [0.717, 1.165) is 18.4 Å². The molecular formula is C14H16N2O2. The molecule has 1 aliphatic heterocycles. The normalized spacial score (nSPS) is 16.0. The molecular weight excluding hydrogens is 228 g/mol. The zero-order chi connectivity index (χ0) is 13.0. The summed E-state index contributed by atoms with van der Waals surface area (Å²) in [5, 5.41) is 11.8. The lowest BCUT2D eigenvalue weighted by Gasteiger charge is -2.23. The van der Waals surface area contributed by atoms with Gasteiger partial charge < -0.3 is 10.1 Å². The monoisotopic (exact) mass is 244 g/mol. The predicted molar refractivity (Wildman–Crippen MR) is 67.2 cm³/mol. The van der Waals surface area contributed by atoms with Crippen molar-refractivity contribution in [3.8, 4) is 6.07 Å². The summed E-state index contributed by atoms with van der Waals surface area (Å²) in [5.41, 5.74) is 2.05. The first-order chi connectivity index (χ1) is 8.70. The molecule has 4 heteroatoms. The molecule has 1 amide bonds. The summed E-state index contributed by atoms with van der Waals surface area (Å²) in [6, 6.07) is 7.38. The highest BCUT2D eigenvalue weighted by atomic mass is 16.5. The van der Waals surface area contributed by atoms with Gasteiger partial charge in [-0.05, 0) is 43.5 Å². The number of hydrogen-bond donors (Lipinski definition) is 1. The molecule has 1 N–H and O–H groups in total. The predicted octanol–water partition coefficient (Wildman–Crippen LogP) is 1.78. The lowest BCUT2D eigenvalue weighted by molar-refractivity contribution is 0.0696. The topological polar surface area (TPSA) is 62.1 Å². The molecule has 1 fully saturated rings. The van der Waals surface area contributed by atoms with Crippen LogP contribution in [0.5, 0.6) is 0 Å². The Morgan fingerprint density at radius 2 is 2.17 bits per heavy atom. The highest BCUT2D eigenvalue weighted by Gasteiger charge is 2.17. The first kappa shape index (κ1) is 12.6. The van der Waals surface area contributed by atoms with Crippen molar-refractivity contribution in [3.63, 3.8) is 0 Å². The van der Waals surface area contributed by atoms with Gasteiger partial charge in [-0.25, -0.2) is 0 Å².